The van der Waals surface area contributed by atoms with E-state index in [1.54, 1.807) is 6.33 Å². The van der Waals surface area contributed by atoms with E-state index in [0.29, 0.717) is 12.6 Å². The molecule has 4 rings (SSSR count). The van der Waals surface area contributed by atoms with Crippen molar-refractivity contribution in [3.63, 3.8) is 0 Å². The fourth-order valence-electron chi connectivity index (χ4n) is 3.84. The minimum absolute atomic E-state index is 0.190. The second-order valence-electron chi connectivity index (χ2n) is 7.47. The molecule has 7 nitrogen and oxygen atoms in total. The highest BCUT2D eigenvalue weighted by molar-refractivity contribution is 5.87. The van der Waals surface area contributed by atoms with Crippen LogP contribution in [-0.2, 0) is 19.8 Å². The van der Waals surface area contributed by atoms with Crippen molar-refractivity contribution in [1.82, 2.24) is 24.1 Å². The minimum Gasteiger partial charge on any atom is -0.355 e. The Labute approximate surface area is 164 Å². The molecule has 10 heteroatoms. The highest BCUT2D eigenvalue weighted by Gasteiger charge is 2.33. The molecule has 29 heavy (non-hydrogen) atoms. The Morgan fingerprint density at radius 3 is 2.52 bits per heavy atom. The van der Waals surface area contributed by atoms with Gasteiger partial charge in [-0.05, 0) is 31.7 Å². The lowest BCUT2D eigenvalue weighted by atomic mass is 9.96. The molecule has 4 heterocycles. The van der Waals surface area contributed by atoms with E-state index < -0.39 is 17.4 Å². The third-order valence-corrected chi connectivity index (χ3v) is 5.58. The first-order chi connectivity index (χ1) is 13.7. The number of hydrogen-bond acceptors (Lipinski definition) is 5. The molecular weight excluding hydrogens is 385 g/mol. The second-order valence-corrected chi connectivity index (χ2v) is 7.47. The lowest BCUT2D eigenvalue weighted by molar-refractivity contribution is -0.141. The van der Waals surface area contributed by atoms with Crippen LogP contribution in [0, 0.1) is 12.8 Å². The number of nitrogens with zero attached hydrogens (tertiary/aromatic N) is 6. The topological polar surface area (TPSA) is 68.8 Å². The number of anilines is 1. The first kappa shape index (κ1) is 19.4. The molecule has 1 aliphatic rings. The van der Waals surface area contributed by atoms with Gasteiger partial charge in [-0.25, -0.2) is 15.0 Å². The molecular formula is C19H21F3N6O. The summed E-state index contributed by atoms with van der Waals surface area (Å²) in [6.07, 6.45) is -0.429. The Morgan fingerprint density at radius 2 is 1.86 bits per heavy atom. The number of hydrogen-bond donors (Lipinski definition) is 0. The first-order valence-electron chi connectivity index (χ1n) is 9.39. The summed E-state index contributed by atoms with van der Waals surface area (Å²) in [6.45, 7) is 3.89. The molecule has 0 unspecified atom stereocenters. The number of aromatic nitrogens is 5. The highest BCUT2D eigenvalue weighted by atomic mass is 19.4. The van der Waals surface area contributed by atoms with Gasteiger partial charge in [-0.2, -0.15) is 13.2 Å². The Balaban J connectivity index is 1.46. The molecule has 0 atom stereocenters. The number of halogens is 3. The van der Waals surface area contributed by atoms with Crippen LogP contribution in [0.1, 0.15) is 24.2 Å². The van der Waals surface area contributed by atoms with Crippen molar-refractivity contribution in [2.45, 2.75) is 32.5 Å². The quantitative estimate of drug-likeness (QED) is 0.669. The fraction of sp³-hybridized carbons (Fsp3) is 0.474. The van der Waals surface area contributed by atoms with Crippen LogP contribution in [0.3, 0.4) is 0 Å². The van der Waals surface area contributed by atoms with Gasteiger partial charge in [0.05, 0.1) is 11.8 Å². The molecule has 0 aliphatic carbocycles. The van der Waals surface area contributed by atoms with E-state index >= 15 is 0 Å². The Bertz CT molecular complexity index is 1100. The summed E-state index contributed by atoms with van der Waals surface area (Å²) in [7, 11) is 1.99. The molecule has 0 aromatic carbocycles. The van der Waals surface area contributed by atoms with Crippen molar-refractivity contribution in [2.75, 3.05) is 18.0 Å². The van der Waals surface area contributed by atoms with Crippen molar-refractivity contribution >= 4 is 16.9 Å². The number of fused-ring (bicyclic) bond motifs is 1. The van der Waals surface area contributed by atoms with Crippen molar-refractivity contribution < 1.29 is 13.2 Å². The van der Waals surface area contributed by atoms with E-state index in [9.17, 15) is 18.0 Å². The van der Waals surface area contributed by atoms with Crippen LogP contribution in [0.4, 0.5) is 19.0 Å². The molecule has 0 bridgehead atoms. The normalized spacial score (nSPS) is 16.0. The summed E-state index contributed by atoms with van der Waals surface area (Å²) in [6, 6.07) is 2.59. The zero-order valence-electron chi connectivity index (χ0n) is 16.1. The van der Waals surface area contributed by atoms with E-state index in [4.69, 9.17) is 0 Å². The third kappa shape index (κ3) is 3.70. The van der Waals surface area contributed by atoms with E-state index in [-0.39, 0.29) is 5.92 Å². The van der Waals surface area contributed by atoms with Crippen molar-refractivity contribution in [3.05, 3.63) is 46.5 Å². The fourth-order valence-corrected chi connectivity index (χ4v) is 3.84. The van der Waals surface area contributed by atoms with E-state index in [1.165, 1.54) is 4.57 Å². The van der Waals surface area contributed by atoms with Crippen LogP contribution in [0.15, 0.2) is 29.6 Å². The number of alkyl halides is 3. The van der Waals surface area contributed by atoms with Crippen molar-refractivity contribution in [3.8, 4) is 0 Å². The molecule has 1 aliphatic heterocycles. The van der Waals surface area contributed by atoms with E-state index in [2.05, 4.69) is 24.4 Å². The predicted molar refractivity (Wildman–Crippen MR) is 102 cm³/mol. The van der Waals surface area contributed by atoms with E-state index in [1.807, 2.05) is 20.0 Å². The van der Waals surface area contributed by atoms with Crippen molar-refractivity contribution in [2.24, 2.45) is 13.0 Å². The minimum atomic E-state index is -4.61. The zero-order chi connectivity index (χ0) is 20.8. The zero-order valence-corrected chi connectivity index (χ0v) is 16.1. The van der Waals surface area contributed by atoms with Crippen LogP contribution in [0.25, 0.3) is 11.0 Å². The lowest BCUT2D eigenvalue weighted by Gasteiger charge is -2.33. The number of rotatable bonds is 3. The van der Waals surface area contributed by atoms with Gasteiger partial charge in [-0.15, -0.1) is 0 Å². The first-order valence-corrected chi connectivity index (χ1v) is 9.39. The maximum Gasteiger partial charge on any atom is 0.433 e. The molecule has 0 radical (unpaired) electrons. The SMILES string of the molecule is Cc1cc2ncnc(N3CCC(Cn4cnc(C(F)(F)F)cc4=O)CC3)c2n1C. The van der Waals surface area contributed by atoms with Gasteiger partial charge in [0.25, 0.3) is 5.56 Å². The third-order valence-electron chi connectivity index (χ3n) is 5.58. The molecule has 1 saturated heterocycles. The molecule has 0 N–H and O–H groups in total. The van der Waals surface area contributed by atoms with Gasteiger partial charge in [0, 0.05) is 38.4 Å². The smallest absolute Gasteiger partial charge is 0.355 e. The maximum atomic E-state index is 12.7. The standard InChI is InChI=1S/C19H21F3N6O/c1-12-7-14-17(26(12)2)18(24-10-23-14)27-5-3-13(4-6-27)9-28-11-25-15(8-16(28)29)19(20,21)22/h7-8,10-11,13H,3-6,9H2,1-2H3. The summed E-state index contributed by atoms with van der Waals surface area (Å²) in [4.78, 5) is 26.4. The molecule has 154 valence electrons. The van der Waals surface area contributed by atoms with Crippen LogP contribution in [0.5, 0.6) is 0 Å². The van der Waals surface area contributed by atoms with Gasteiger partial charge in [0.1, 0.15) is 11.8 Å². The second kappa shape index (κ2) is 7.16. The van der Waals surface area contributed by atoms with Gasteiger partial charge in [-0.3, -0.25) is 9.36 Å². The summed E-state index contributed by atoms with van der Waals surface area (Å²) in [5.41, 5.74) is 1.17. The molecule has 0 saturated carbocycles. The summed E-state index contributed by atoms with van der Waals surface area (Å²) >= 11 is 0. The van der Waals surface area contributed by atoms with Crippen molar-refractivity contribution in [1.29, 1.82) is 0 Å². The summed E-state index contributed by atoms with van der Waals surface area (Å²) < 4.78 is 41.4. The molecule has 0 spiro atoms. The van der Waals surface area contributed by atoms with Crippen LogP contribution >= 0.6 is 0 Å². The Kier molecular flexibility index (Phi) is 4.79. The Hall–Kier alpha value is -2.91. The average Bonchev–Trinajstić information content (AvgIpc) is 2.97. The van der Waals surface area contributed by atoms with Crippen LogP contribution < -0.4 is 10.5 Å². The van der Waals surface area contributed by atoms with Gasteiger partial charge in [0.2, 0.25) is 0 Å². The van der Waals surface area contributed by atoms with Gasteiger partial charge in [0.15, 0.2) is 11.5 Å². The predicted octanol–water partition coefficient (Wildman–Crippen LogP) is 2.77. The monoisotopic (exact) mass is 406 g/mol. The number of piperidine rings is 1. The molecule has 0 amide bonds. The average molecular weight is 406 g/mol. The van der Waals surface area contributed by atoms with Crippen LogP contribution in [0.2, 0.25) is 0 Å². The largest absolute Gasteiger partial charge is 0.433 e. The molecule has 3 aromatic rings. The summed E-state index contributed by atoms with van der Waals surface area (Å²) in [5, 5.41) is 0. The van der Waals surface area contributed by atoms with Gasteiger partial charge >= 0.3 is 6.18 Å². The molecule has 1 fully saturated rings. The molecule has 3 aromatic heterocycles. The summed E-state index contributed by atoms with van der Waals surface area (Å²) in [5.74, 6) is 1.08. The van der Waals surface area contributed by atoms with Gasteiger partial charge in [-0.1, -0.05) is 0 Å². The lowest BCUT2D eigenvalue weighted by Crippen LogP contribution is -2.37. The highest BCUT2D eigenvalue weighted by Crippen LogP contribution is 2.29. The van der Waals surface area contributed by atoms with E-state index in [0.717, 1.165) is 54.8 Å². The maximum absolute atomic E-state index is 12.7. The Morgan fingerprint density at radius 1 is 1.14 bits per heavy atom. The van der Waals surface area contributed by atoms with Crippen LogP contribution in [-0.4, -0.2) is 37.2 Å². The number of aryl methyl sites for hydroxylation is 2. The van der Waals surface area contributed by atoms with Gasteiger partial charge < -0.3 is 9.47 Å².